The standard InChI is InChI=1S/C12H14FN3O4/c1-12(2,10(14)19)16-11(20)15-8-5-6(13)3-4-7(8)9(17)18/h3-5H,1-2H3,(H2,14,19)(H,17,18)(H2,15,16,20). The number of urea groups is 1. The molecule has 7 nitrogen and oxygen atoms in total. The predicted octanol–water partition coefficient (Wildman–Crippen LogP) is 0.909. The van der Waals surface area contributed by atoms with Gasteiger partial charge in [-0.15, -0.1) is 0 Å². The van der Waals surface area contributed by atoms with E-state index in [1.165, 1.54) is 13.8 Å². The maximum atomic E-state index is 13.1. The average Bonchev–Trinajstić information content (AvgIpc) is 2.27. The van der Waals surface area contributed by atoms with E-state index >= 15 is 0 Å². The highest BCUT2D eigenvalue weighted by molar-refractivity contribution is 6.01. The van der Waals surface area contributed by atoms with E-state index in [-0.39, 0.29) is 11.3 Å². The van der Waals surface area contributed by atoms with Crippen LogP contribution >= 0.6 is 0 Å². The molecule has 1 aromatic carbocycles. The van der Waals surface area contributed by atoms with Gasteiger partial charge in [0, 0.05) is 0 Å². The molecule has 0 atom stereocenters. The molecular formula is C12H14FN3O4. The quantitative estimate of drug-likeness (QED) is 0.656. The van der Waals surface area contributed by atoms with Crippen LogP contribution in [0.4, 0.5) is 14.9 Å². The lowest BCUT2D eigenvalue weighted by atomic mass is 10.1. The van der Waals surface area contributed by atoms with Crippen LogP contribution in [-0.2, 0) is 4.79 Å². The van der Waals surface area contributed by atoms with Gasteiger partial charge >= 0.3 is 12.0 Å². The number of halogens is 1. The molecule has 5 N–H and O–H groups in total. The Balaban J connectivity index is 2.94. The number of nitrogens with two attached hydrogens (primary N) is 1. The Bertz CT molecular complexity index is 572. The van der Waals surface area contributed by atoms with Crippen LogP contribution in [0.1, 0.15) is 24.2 Å². The highest BCUT2D eigenvalue weighted by Gasteiger charge is 2.27. The van der Waals surface area contributed by atoms with Gasteiger partial charge in [-0.05, 0) is 32.0 Å². The molecular weight excluding hydrogens is 269 g/mol. The van der Waals surface area contributed by atoms with E-state index in [4.69, 9.17) is 10.8 Å². The zero-order valence-corrected chi connectivity index (χ0v) is 10.9. The van der Waals surface area contributed by atoms with Crippen LogP contribution in [0.5, 0.6) is 0 Å². The molecule has 0 aliphatic rings. The van der Waals surface area contributed by atoms with E-state index in [1.807, 2.05) is 0 Å². The number of aromatic carboxylic acids is 1. The van der Waals surface area contributed by atoms with Gasteiger partial charge in [-0.3, -0.25) is 4.79 Å². The summed E-state index contributed by atoms with van der Waals surface area (Å²) < 4.78 is 13.1. The molecule has 1 aromatic rings. The minimum Gasteiger partial charge on any atom is -0.478 e. The normalized spacial score (nSPS) is 10.8. The second-order valence-electron chi connectivity index (χ2n) is 4.56. The number of anilines is 1. The number of amides is 3. The van der Waals surface area contributed by atoms with Crippen molar-refractivity contribution in [3.63, 3.8) is 0 Å². The van der Waals surface area contributed by atoms with Crippen LogP contribution < -0.4 is 16.4 Å². The molecule has 0 unspecified atom stereocenters. The summed E-state index contributed by atoms with van der Waals surface area (Å²) in [5.74, 6) is -2.81. The molecule has 0 fully saturated rings. The molecule has 0 aromatic heterocycles. The van der Waals surface area contributed by atoms with Crippen molar-refractivity contribution in [1.29, 1.82) is 0 Å². The van der Waals surface area contributed by atoms with E-state index in [2.05, 4.69) is 10.6 Å². The molecule has 0 aliphatic heterocycles. The van der Waals surface area contributed by atoms with Crippen molar-refractivity contribution < 1.29 is 23.9 Å². The molecule has 0 aliphatic carbocycles. The third-order valence-corrected chi connectivity index (χ3v) is 2.50. The summed E-state index contributed by atoms with van der Waals surface area (Å²) in [7, 11) is 0. The second-order valence-corrected chi connectivity index (χ2v) is 4.56. The Hall–Kier alpha value is -2.64. The van der Waals surface area contributed by atoms with Gasteiger partial charge in [-0.2, -0.15) is 0 Å². The monoisotopic (exact) mass is 283 g/mol. The molecule has 3 amide bonds. The number of primary amides is 1. The van der Waals surface area contributed by atoms with Gasteiger partial charge in [0.05, 0.1) is 11.3 Å². The fraction of sp³-hybridized carbons (Fsp3) is 0.250. The Morgan fingerprint density at radius 3 is 2.40 bits per heavy atom. The predicted molar refractivity (Wildman–Crippen MR) is 68.8 cm³/mol. The lowest BCUT2D eigenvalue weighted by molar-refractivity contribution is -0.122. The molecule has 0 spiro atoms. The smallest absolute Gasteiger partial charge is 0.337 e. The first-order valence-corrected chi connectivity index (χ1v) is 5.55. The number of hydrogen-bond donors (Lipinski definition) is 4. The van der Waals surface area contributed by atoms with Crippen LogP contribution in [0.3, 0.4) is 0 Å². The molecule has 0 saturated heterocycles. The van der Waals surface area contributed by atoms with E-state index < -0.39 is 29.3 Å². The Morgan fingerprint density at radius 1 is 1.30 bits per heavy atom. The maximum Gasteiger partial charge on any atom is 0.337 e. The minimum absolute atomic E-state index is 0.227. The molecule has 8 heteroatoms. The molecule has 20 heavy (non-hydrogen) atoms. The lowest BCUT2D eigenvalue weighted by Gasteiger charge is -2.22. The summed E-state index contributed by atoms with van der Waals surface area (Å²) in [6.45, 7) is 2.75. The first-order chi connectivity index (χ1) is 9.13. The highest BCUT2D eigenvalue weighted by atomic mass is 19.1. The lowest BCUT2D eigenvalue weighted by Crippen LogP contribution is -2.54. The van der Waals surface area contributed by atoms with E-state index in [0.717, 1.165) is 18.2 Å². The van der Waals surface area contributed by atoms with Crippen LogP contribution in [0.25, 0.3) is 0 Å². The zero-order valence-electron chi connectivity index (χ0n) is 10.9. The summed E-state index contributed by atoms with van der Waals surface area (Å²) in [6.07, 6.45) is 0. The van der Waals surface area contributed by atoms with E-state index in [1.54, 1.807) is 0 Å². The van der Waals surface area contributed by atoms with Crippen molar-refractivity contribution in [3.8, 4) is 0 Å². The van der Waals surface area contributed by atoms with Crippen molar-refractivity contribution in [2.45, 2.75) is 19.4 Å². The van der Waals surface area contributed by atoms with Crippen molar-refractivity contribution >= 4 is 23.6 Å². The zero-order chi connectivity index (χ0) is 15.5. The third-order valence-electron chi connectivity index (χ3n) is 2.50. The number of carboxylic acid groups (broad SMARTS) is 1. The van der Waals surface area contributed by atoms with Crippen molar-refractivity contribution in [2.24, 2.45) is 5.73 Å². The summed E-state index contributed by atoms with van der Waals surface area (Å²) in [5.41, 5.74) is 3.24. The van der Waals surface area contributed by atoms with Crippen LogP contribution in [0, 0.1) is 5.82 Å². The van der Waals surface area contributed by atoms with Gasteiger partial charge in [-0.25, -0.2) is 14.0 Å². The summed E-state index contributed by atoms with van der Waals surface area (Å²) >= 11 is 0. The number of carbonyl (C=O) groups is 3. The number of hydrogen-bond acceptors (Lipinski definition) is 3. The molecule has 108 valence electrons. The van der Waals surface area contributed by atoms with Gasteiger partial charge in [0.25, 0.3) is 0 Å². The number of benzene rings is 1. The Kier molecular flexibility index (Phi) is 4.28. The minimum atomic E-state index is -1.33. The Labute approximate surface area is 114 Å². The largest absolute Gasteiger partial charge is 0.478 e. The average molecular weight is 283 g/mol. The third kappa shape index (κ3) is 3.67. The fourth-order valence-electron chi connectivity index (χ4n) is 1.31. The second kappa shape index (κ2) is 5.55. The van der Waals surface area contributed by atoms with Crippen molar-refractivity contribution in [2.75, 3.05) is 5.32 Å². The number of rotatable bonds is 4. The topological polar surface area (TPSA) is 122 Å². The van der Waals surface area contributed by atoms with Crippen LogP contribution in [-0.4, -0.2) is 28.6 Å². The van der Waals surface area contributed by atoms with Crippen molar-refractivity contribution in [3.05, 3.63) is 29.6 Å². The molecule has 0 bridgehead atoms. The Morgan fingerprint density at radius 2 is 1.90 bits per heavy atom. The van der Waals surface area contributed by atoms with Crippen molar-refractivity contribution in [1.82, 2.24) is 5.32 Å². The number of carboxylic acids is 1. The van der Waals surface area contributed by atoms with Gasteiger partial charge in [0.2, 0.25) is 5.91 Å². The summed E-state index contributed by atoms with van der Waals surface area (Å²) in [6, 6.07) is 1.97. The van der Waals surface area contributed by atoms with Gasteiger partial charge in [0.1, 0.15) is 11.4 Å². The van der Waals surface area contributed by atoms with Gasteiger partial charge in [0.15, 0.2) is 0 Å². The van der Waals surface area contributed by atoms with E-state index in [0.29, 0.717) is 0 Å². The van der Waals surface area contributed by atoms with Crippen LogP contribution in [0.15, 0.2) is 18.2 Å². The SMILES string of the molecule is CC(C)(NC(=O)Nc1cc(F)ccc1C(=O)O)C(N)=O. The molecule has 0 radical (unpaired) electrons. The molecule has 0 saturated carbocycles. The van der Waals surface area contributed by atoms with Crippen LogP contribution in [0.2, 0.25) is 0 Å². The first kappa shape index (κ1) is 15.4. The molecule has 1 rings (SSSR count). The number of carbonyl (C=O) groups excluding carboxylic acids is 2. The molecule has 0 heterocycles. The highest BCUT2D eigenvalue weighted by Crippen LogP contribution is 2.17. The van der Waals surface area contributed by atoms with Gasteiger partial charge in [-0.1, -0.05) is 0 Å². The summed E-state index contributed by atoms with van der Waals surface area (Å²) in [4.78, 5) is 33.7. The summed E-state index contributed by atoms with van der Waals surface area (Å²) in [5, 5.41) is 13.3. The van der Waals surface area contributed by atoms with E-state index in [9.17, 15) is 18.8 Å². The number of nitrogens with one attached hydrogen (secondary N) is 2. The first-order valence-electron chi connectivity index (χ1n) is 5.55. The van der Waals surface area contributed by atoms with Gasteiger partial charge < -0.3 is 21.5 Å². The maximum absolute atomic E-state index is 13.1. The fourth-order valence-corrected chi connectivity index (χ4v) is 1.31.